The van der Waals surface area contributed by atoms with Crippen molar-refractivity contribution in [1.82, 2.24) is 0 Å². The van der Waals surface area contributed by atoms with Gasteiger partial charge in [0, 0.05) is 17.5 Å². The van der Waals surface area contributed by atoms with Gasteiger partial charge in [-0.15, -0.1) is 11.3 Å². The molecule has 0 saturated heterocycles. The van der Waals surface area contributed by atoms with Crippen molar-refractivity contribution in [1.29, 1.82) is 0 Å². The molecule has 4 nitrogen and oxygen atoms in total. The van der Waals surface area contributed by atoms with Gasteiger partial charge in [-0.25, -0.2) is 4.39 Å². The van der Waals surface area contributed by atoms with Gasteiger partial charge in [-0.2, -0.15) is 0 Å². The maximum Gasteiger partial charge on any atom is 0.272 e. The number of nitrogens with one attached hydrogen (secondary N) is 1. The molecule has 1 N–H and O–H groups in total. The van der Waals surface area contributed by atoms with Gasteiger partial charge in [0.15, 0.2) is 5.82 Å². The first kappa shape index (κ1) is 11.5. The molecule has 2 rings (SSSR count). The van der Waals surface area contributed by atoms with Crippen LogP contribution >= 0.6 is 11.3 Å². The minimum atomic E-state index is -0.619. The van der Waals surface area contributed by atoms with Crippen LogP contribution in [0.25, 0.3) is 0 Å². The SMILES string of the molecule is O=[N+]([O-])c1ccc(NCc2cccs2)c(F)c1. The molecule has 0 aliphatic rings. The van der Waals surface area contributed by atoms with Gasteiger partial charge < -0.3 is 5.32 Å². The number of thiophene rings is 1. The molecule has 1 heterocycles. The second kappa shape index (κ2) is 4.92. The fraction of sp³-hybridized carbons (Fsp3) is 0.0909. The second-order valence-electron chi connectivity index (χ2n) is 3.35. The molecule has 1 aromatic heterocycles. The Labute approximate surface area is 101 Å². The van der Waals surface area contributed by atoms with Gasteiger partial charge in [-0.05, 0) is 17.5 Å². The van der Waals surface area contributed by atoms with E-state index in [4.69, 9.17) is 0 Å². The van der Waals surface area contributed by atoms with Gasteiger partial charge >= 0.3 is 0 Å². The summed E-state index contributed by atoms with van der Waals surface area (Å²) in [6.07, 6.45) is 0. The Morgan fingerprint density at radius 1 is 1.41 bits per heavy atom. The third-order valence-corrected chi connectivity index (χ3v) is 3.07. The number of rotatable bonds is 4. The quantitative estimate of drug-likeness (QED) is 0.670. The van der Waals surface area contributed by atoms with Crippen molar-refractivity contribution in [2.24, 2.45) is 0 Å². The molecular formula is C11H9FN2O2S. The molecule has 0 saturated carbocycles. The Balaban J connectivity index is 2.09. The van der Waals surface area contributed by atoms with Crippen LogP contribution < -0.4 is 5.32 Å². The van der Waals surface area contributed by atoms with Gasteiger partial charge in [0.1, 0.15) is 0 Å². The summed E-state index contributed by atoms with van der Waals surface area (Å²) in [6.45, 7) is 0.506. The summed E-state index contributed by atoms with van der Waals surface area (Å²) < 4.78 is 13.5. The summed E-state index contributed by atoms with van der Waals surface area (Å²) in [5, 5.41) is 15.3. The van der Waals surface area contributed by atoms with Crippen molar-refractivity contribution < 1.29 is 9.31 Å². The number of nitrogens with zero attached hydrogens (tertiary/aromatic N) is 1. The lowest BCUT2D eigenvalue weighted by Crippen LogP contribution is -2.00. The van der Waals surface area contributed by atoms with Crippen molar-refractivity contribution in [2.45, 2.75) is 6.54 Å². The molecule has 2 aromatic rings. The van der Waals surface area contributed by atoms with E-state index in [0.717, 1.165) is 10.9 Å². The zero-order chi connectivity index (χ0) is 12.3. The molecule has 0 radical (unpaired) electrons. The molecule has 0 fully saturated rings. The molecule has 6 heteroatoms. The van der Waals surface area contributed by atoms with Crippen LogP contribution in [0, 0.1) is 15.9 Å². The van der Waals surface area contributed by atoms with Gasteiger partial charge in [-0.3, -0.25) is 10.1 Å². The monoisotopic (exact) mass is 252 g/mol. The predicted molar refractivity (Wildman–Crippen MR) is 64.7 cm³/mol. The molecular weight excluding hydrogens is 243 g/mol. The minimum absolute atomic E-state index is 0.246. The number of hydrogen-bond acceptors (Lipinski definition) is 4. The molecule has 0 atom stereocenters. The number of anilines is 1. The Bertz CT molecular complexity index is 528. The fourth-order valence-corrected chi connectivity index (χ4v) is 2.00. The summed E-state index contributed by atoms with van der Waals surface area (Å²) in [5.74, 6) is -0.615. The second-order valence-corrected chi connectivity index (χ2v) is 4.39. The highest BCUT2D eigenvalue weighted by molar-refractivity contribution is 7.09. The number of benzene rings is 1. The normalized spacial score (nSPS) is 10.2. The largest absolute Gasteiger partial charge is 0.378 e. The van der Waals surface area contributed by atoms with Crippen LogP contribution in [-0.2, 0) is 6.54 Å². The Kier molecular flexibility index (Phi) is 3.34. The molecule has 0 bridgehead atoms. The number of nitro benzene ring substituents is 1. The first-order valence-electron chi connectivity index (χ1n) is 4.87. The van der Waals surface area contributed by atoms with Crippen LogP contribution in [-0.4, -0.2) is 4.92 Å². The van der Waals surface area contributed by atoms with Gasteiger partial charge in [0.05, 0.1) is 16.7 Å². The molecule has 0 amide bonds. The fourth-order valence-electron chi connectivity index (χ4n) is 1.36. The van der Waals surface area contributed by atoms with E-state index in [1.165, 1.54) is 12.1 Å². The Morgan fingerprint density at radius 3 is 2.82 bits per heavy atom. The zero-order valence-electron chi connectivity index (χ0n) is 8.72. The smallest absolute Gasteiger partial charge is 0.272 e. The van der Waals surface area contributed by atoms with E-state index in [2.05, 4.69) is 5.32 Å². The van der Waals surface area contributed by atoms with Crippen molar-refractivity contribution in [3.8, 4) is 0 Å². The zero-order valence-corrected chi connectivity index (χ0v) is 9.54. The van der Waals surface area contributed by atoms with Crippen molar-refractivity contribution in [3.63, 3.8) is 0 Å². The van der Waals surface area contributed by atoms with Gasteiger partial charge in [-0.1, -0.05) is 6.07 Å². The van der Waals surface area contributed by atoms with E-state index < -0.39 is 10.7 Å². The Hall–Kier alpha value is -1.95. The van der Waals surface area contributed by atoms with Crippen molar-refractivity contribution in [2.75, 3.05) is 5.32 Å². The highest BCUT2D eigenvalue weighted by Crippen LogP contribution is 2.21. The number of halogens is 1. The minimum Gasteiger partial charge on any atom is -0.378 e. The van der Waals surface area contributed by atoms with Crippen LogP contribution in [0.4, 0.5) is 15.8 Å². The van der Waals surface area contributed by atoms with Gasteiger partial charge in [0.25, 0.3) is 5.69 Å². The van der Waals surface area contributed by atoms with E-state index in [-0.39, 0.29) is 11.4 Å². The lowest BCUT2D eigenvalue weighted by Gasteiger charge is -2.05. The summed E-state index contributed by atoms with van der Waals surface area (Å²) in [7, 11) is 0. The van der Waals surface area contributed by atoms with E-state index in [1.54, 1.807) is 11.3 Å². The molecule has 0 aliphatic heterocycles. The highest BCUT2D eigenvalue weighted by atomic mass is 32.1. The summed E-state index contributed by atoms with van der Waals surface area (Å²) in [4.78, 5) is 10.9. The molecule has 1 aromatic carbocycles. The van der Waals surface area contributed by atoms with Crippen LogP contribution in [0.3, 0.4) is 0 Å². The number of hydrogen-bond donors (Lipinski definition) is 1. The maximum absolute atomic E-state index is 13.5. The first-order chi connectivity index (χ1) is 8.16. The third-order valence-electron chi connectivity index (χ3n) is 2.20. The molecule has 0 unspecified atom stereocenters. The average Bonchev–Trinajstić information content (AvgIpc) is 2.80. The van der Waals surface area contributed by atoms with E-state index in [0.29, 0.717) is 6.54 Å². The molecule has 0 spiro atoms. The topological polar surface area (TPSA) is 55.2 Å². The average molecular weight is 252 g/mol. The lowest BCUT2D eigenvalue weighted by atomic mass is 10.2. The third kappa shape index (κ3) is 2.79. The Morgan fingerprint density at radius 2 is 2.24 bits per heavy atom. The van der Waals surface area contributed by atoms with Crippen LogP contribution in [0.5, 0.6) is 0 Å². The first-order valence-corrected chi connectivity index (χ1v) is 5.75. The molecule has 88 valence electrons. The van der Waals surface area contributed by atoms with Crippen LogP contribution in [0.1, 0.15) is 4.88 Å². The summed E-state index contributed by atoms with van der Waals surface area (Å²) >= 11 is 1.56. The van der Waals surface area contributed by atoms with E-state index in [9.17, 15) is 14.5 Å². The van der Waals surface area contributed by atoms with Gasteiger partial charge in [0.2, 0.25) is 0 Å². The number of non-ortho nitro benzene ring substituents is 1. The summed E-state index contributed by atoms with van der Waals surface area (Å²) in [5.41, 5.74) is 0.0215. The van der Waals surface area contributed by atoms with Crippen LogP contribution in [0.15, 0.2) is 35.7 Å². The highest BCUT2D eigenvalue weighted by Gasteiger charge is 2.10. The van der Waals surface area contributed by atoms with Crippen LogP contribution in [0.2, 0.25) is 0 Å². The molecule has 17 heavy (non-hydrogen) atoms. The van der Waals surface area contributed by atoms with Crippen molar-refractivity contribution >= 4 is 22.7 Å². The predicted octanol–water partition coefficient (Wildman–Crippen LogP) is 3.41. The maximum atomic E-state index is 13.5. The number of nitro groups is 1. The van der Waals surface area contributed by atoms with E-state index in [1.807, 2.05) is 17.5 Å². The van der Waals surface area contributed by atoms with E-state index >= 15 is 0 Å². The standard InChI is InChI=1S/C11H9FN2O2S/c12-10-6-8(14(15)16)3-4-11(10)13-7-9-2-1-5-17-9/h1-6,13H,7H2. The lowest BCUT2D eigenvalue weighted by molar-refractivity contribution is -0.385. The van der Waals surface area contributed by atoms with Crippen molar-refractivity contribution in [3.05, 3.63) is 56.5 Å². The molecule has 0 aliphatic carbocycles. The summed E-state index contributed by atoms with van der Waals surface area (Å²) in [6, 6.07) is 7.41.